The number of nitrogens with zero attached hydrogens (tertiary/aromatic N) is 1. The third kappa shape index (κ3) is 3.23. The van der Waals surface area contributed by atoms with E-state index < -0.39 is 10.0 Å². The van der Waals surface area contributed by atoms with Gasteiger partial charge in [0.25, 0.3) is 0 Å². The molecule has 3 rings (SSSR count). The minimum absolute atomic E-state index is 0.0701. The summed E-state index contributed by atoms with van der Waals surface area (Å²) in [6.07, 6.45) is 0. The molecule has 0 fully saturated rings. The molecular weight excluding hydrogens is 364 g/mol. The van der Waals surface area contributed by atoms with Crippen molar-refractivity contribution >= 4 is 34.3 Å². The van der Waals surface area contributed by atoms with Gasteiger partial charge in [-0.05, 0) is 54.4 Å². The molecule has 4 nitrogen and oxygen atoms in total. The van der Waals surface area contributed by atoms with E-state index in [4.69, 9.17) is 16.7 Å². The van der Waals surface area contributed by atoms with Crippen molar-refractivity contribution in [3.8, 4) is 16.9 Å². The second-order valence-corrected chi connectivity index (χ2v) is 7.87. The molecule has 24 heavy (non-hydrogen) atoms. The van der Waals surface area contributed by atoms with Crippen molar-refractivity contribution in [3.63, 3.8) is 0 Å². The predicted molar refractivity (Wildman–Crippen MR) is 99.6 cm³/mol. The van der Waals surface area contributed by atoms with E-state index in [1.165, 1.54) is 12.1 Å². The third-order valence-corrected chi connectivity index (χ3v) is 5.27. The number of hydrogen-bond acceptors (Lipinski definition) is 3. The fourth-order valence-electron chi connectivity index (χ4n) is 2.52. The third-order valence-electron chi connectivity index (χ3n) is 3.68. The van der Waals surface area contributed by atoms with Crippen LogP contribution in [-0.4, -0.2) is 13.0 Å². The van der Waals surface area contributed by atoms with Crippen molar-refractivity contribution in [1.29, 1.82) is 0 Å². The van der Waals surface area contributed by atoms with Crippen LogP contribution in [0.5, 0.6) is 0 Å². The van der Waals surface area contributed by atoms with Crippen LogP contribution in [0, 0.1) is 6.92 Å². The number of nitrogens with two attached hydrogens (primary N) is 1. The summed E-state index contributed by atoms with van der Waals surface area (Å²) in [5, 5.41) is 5.68. The number of benzene rings is 2. The number of thiol groups is 1. The molecule has 0 aliphatic rings. The van der Waals surface area contributed by atoms with E-state index in [-0.39, 0.29) is 4.90 Å². The van der Waals surface area contributed by atoms with Crippen LogP contribution >= 0.6 is 24.2 Å². The monoisotopic (exact) mass is 378 g/mol. The quantitative estimate of drug-likeness (QED) is 0.675. The topological polar surface area (TPSA) is 65.1 Å². The van der Waals surface area contributed by atoms with Crippen molar-refractivity contribution < 1.29 is 8.42 Å². The summed E-state index contributed by atoms with van der Waals surface area (Å²) >= 11 is 10.9. The zero-order valence-electron chi connectivity index (χ0n) is 12.8. The molecule has 1 heterocycles. The molecule has 0 bridgehead atoms. The fraction of sp³-hybridized carbons (Fsp3) is 0.0588. The van der Waals surface area contributed by atoms with Crippen LogP contribution in [0.15, 0.2) is 64.4 Å². The number of sulfonamides is 1. The van der Waals surface area contributed by atoms with Crippen molar-refractivity contribution in [2.45, 2.75) is 16.7 Å². The molecule has 0 atom stereocenters. The van der Waals surface area contributed by atoms with E-state index in [0.717, 1.165) is 27.4 Å². The zero-order valence-corrected chi connectivity index (χ0v) is 15.2. The Kier molecular flexibility index (Phi) is 4.48. The lowest BCUT2D eigenvalue weighted by atomic mass is 10.1. The standard InChI is InChI=1S/C17H15ClN2O2S2/c1-11-2-7-15(16(23)10-11)20-14(8-9-17(20)18)12-3-5-13(6-4-12)24(19,21)22/h2-10,23H,1H3,(H2,19,21,22). The Morgan fingerprint density at radius 3 is 2.29 bits per heavy atom. The molecule has 3 aromatic rings. The van der Waals surface area contributed by atoms with Gasteiger partial charge in [0, 0.05) is 4.90 Å². The molecule has 0 unspecified atom stereocenters. The molecule has 0 aliphatic heterocycles. The lowest BCUT2D eigenvalue weighted by Crippen LogP contribution is -2.11. The highest BCUT2D eigenvalue weighted by atomic mass is 35.5. The summed E-state index contributed by atoms with van der Waals surface area (Å²) in [4.78, 5) is 0.871. The Morgan fingerprint density at radius 1 is 1.04 bits per heavy atom. The first-order chi connectivity index (χ1) is 11.3. The van der Waals surface area contributed by atoms with Crippen molar-refractivity contribution in [2.24, 2.45) is 5.14 Å². The predicted octanol–water partition coefficient (Wildman–Crippen LogP) is 4.04. The maximum absolute atomic E-state index is 11.4. The number of rotatable bonds is 3. The number of primary sulfonamides is 1. The molecule has 0 amide bonds. The van der Waals surface area contributed by atoms with Crippen LogP contribution in [0.4, 0.5) is 0 Å². The normalized spacial score (nSPS) is 11.7. The first-order valence-corrected chi connectivity index (χ1v) is 9.45. The van der Waals surface area contributed by atoms with Gasteiger partial charge in [0.2, 0.25) is 10.0 Å². The number of aryl methyl sites for hydroxylation is 1. The van der Waals surface area contributed by atoms with E-state index in [1.54, 1.807) is 18.2 Å². The Balaban J connectivity index is 2.14. The molecule has 0 radical (unpaired) electrons. The molecule has 124 valence electrons. The van der Waals surface area contributed by atoms with Gasteiger partial charge >= 0.3 is 0 Å². The second-order valence-electron chi connectivity index (χ2n) is 5.44. The molecule has 0 aliphatic carbocycles. The van der Waals surface area contributed by atoms with E-state index in [1.807, 2.05) is 35.8 Å². The molecule has 0 saturated heterocycles. The van der Waals surface area contributed by atoms with Gasteiger partial charge in [-0.25, -0.2) is 13.6 Å². The largest absolute Gasteiger partial charge is 0.299 e. The van der Waals surface area contributed by atoms with Gasteiger partial charge in [0.15, 0.2) is 0 Å². The summed E-state index contributed by atoms with van der Waals surface area (Å²) in [5.74, 6) is 0. The molecule has 1 aromatic heterocycles. The molecule has 2 aromatic carbocycles. The number of aromatic nitrogens is 1. The smallest absolute Gasteiger partial charge is 0.238 e. The molecule has 0 saturated carbocycles. The van der Waals surface area contributed by atoms with Gasteiger partial charge in [-0.3, -0.25) is 4.57 Å². The summed E-state index contributed by atoms with van der Waals surface area (Å²) in [5.41, 5.74) is 3.61. The Hall–Kier alpha value is -1.73. The SMILES string of the molecule is Cc1ccc(-n2c(Cl)ccc2-c2ccc(S(N)(=O)=O)cc2)c(S)c1. The molecule has 7 heteroatoms. The first kappa shape index (κ1) is 17.1. The van der Waals surface area contributed by atoms with Gasteiger partial charge < -0.3 is 0 Å². The minimum Gasteiger partial charge on any atom is -0.299 e. The van der Waals surface area contributed by atoms with Gasteiger partial charge in [-0.1, -0.05) is 29.8 Å². The Bertz CT molecular complexity index is 1010. The maximum Gasteiger partial charge on any atom is 0.238 e. The van der Waals surface area contributed by atoms with E-state index in [0.29, 0.717) is 5.15 Å². The van der Waals surface area contributed by atoms with E-state index in [9.17, 15) is 8.42 Å². The van der Waals surface area contributed by atoms with Gasteiger partial charge in [-0.2, -0.15) is 0 Å². The summed E-state index contributed by atoms with van der Waals surface area (Å²) < 4.78 is 24.7. The fourth-order valence-corrected chi connectivity index (χ4v) is 3.66. The van der Waals surface area contributed by atoms with Gasteiger partial charge in [-0.15, -0.1) is 12.6 Å². The highest BCUT2D eigenvalue weighted by molar-refractivity contribution is 7.89. The van der Waals surface area contributed by atoms with E-state index >= 15 is 0 Å². The van der Waals surface area contributed by atoms with E-state index in [2.05, 4.69) is 12.6 Å². The molecule has 0 spiro atoms. The maximum atomic E-state index is 11.4. The Morgan fingerprint density at radius 2 is 1.71 bits per heavy atom. The minimum atomic E-state index is -3.72. The summed E-state index contributed by atoms with van der Waals surface area (Å²) in [7, 11) is -3.72. The van der Waals surface area contributed by atoms with Crippen LogP contribution in [0.1, 0.15) is 5.56 Å². The van der Waals surface area contributed by atoms with Crippen molar-refractivity contribution in [3.05, 3.63) is 65.3 Å². The van der Waals surface area contributed by atoms with Crippen molar-refractivity contribution in [2.75, 3.05) is 0 Å². The number of hydrogen-bond donors (Lipinski definition) is 2. The summed E-state index contributed by atoms with van der Waals surface area (Å²) in [6.45, 7) is 1.99. The highest BCUT2D eigenvalue weighted by Gasteiger charge is 2.14. The first-order valence-electron chi connectivity index (χ1n) is 7.08. The molecular formula is C17H15ClN2O2S2. The van der Waals surface area contributed by atoms with Crippen LogP contribution in [-0.2, 0) is 10.0 Å². The van der Waals surface area contributed by atoms with Gasteiger partial charge in [0.1, 0.15) is 5.15 Å². The van der Waals surface area contributed by atoms with Crippen LogP contribution in [0.2, 0.25) is 5.15 Å². The lowest BCUT2D eigenvalue weighted by molar-refractivity contribution is 0.598. The summed E-state index contributed by atoms with van der Waals surface area (Å²) in [6, 6.07) is 15.9. The van der Waals surface area contributed by atoms with Crippen LogP contribution in [0.3, 0.4) is 0 Å². The average Bonchev–Trinajstić information content (AvgIpc) is 2.88. The average molecular weight is 379 g/mol. The second kappa shape index (κ2) is 6.29. The zero-order chi connectivity index (χ0) is 17.5. The van der Waals surface area contributed by atoms with Gasteiger partial charge in [0.05, 0.1) is 16.3 Å². The van der Waals surface area contributed by atoms with Crippen LogP contribution < -0.4 is 5.14 Å². The van der Waals surface area contributed by atoms with Crippen LogP contribution in [0.25, 0.3) is 16.9 Å². The Labute approximate surface area is 151 Å². The highest BCUT2D eigenvalue weighted by Crippen LogP contribution is 2.32. The molecule has 2 N–H and O–H groups in total. The lowest BCUT2D eigenvalue weighted by Gasteiger charge is -2.14. The van der Waals surface area contributed by atoms with Crippen molar-refractivity contribution in [1.82, 2.24) is 4.57 Å². The number of halogens is 1.